The molecule has 3 aromatic rings. The molecule has 8 heteroatoms. The maximum absolute atomic E-state index is 13.4. The van der Waals surface area contributed by atoms with Crippen molar-refractivity contribution in [2.24, 2.45) is 0 Å². The minimum Gasteiger partial charge on any atom is -0.497 e. The summed E-state index contributed by atoms with van der Waals surface area (Å²) >= 11 is 0. The summed E-state index contributed by atoms with van der Waals surface area (Å²) in [7, 11) is -2.42. The molecule has 3 aromatic carbocycles. The van der Waals surface area contributed by atoms with Gasteiger partial charge in [-0.2, -0.15) is 0 Å². The SMILES string of the molecule is COc1ccc(CCNC(=O)CN(c2ccc(F)cc2)S(=O)(=O)c2ccccc2)cc1. The maximum atomic E-state index is 13.4. The molecule has 1 amide bonds. The van der Waals surface area contributed by atoms with E-state index < -0.39 is 28.3 Å². The molecule has 0 saturated carbocycles. The number of methoxy groups -OCH3 is 1. The van der Waals surface area contributed by atoms with Gasteiger partial charge in [-0.1, -0.05) is 30.3 Å². The van der Waals surface area contributed by atoms with Gasteiger partial charge in [-0.25, -0.2) is 12.8 Å². The Balaban J connectivity index is 1.72. The highest BCUT2D eigenvalue weighted by molar-refractivity contribution is 7.92. The van der Waals surface area contributed by atoms with Gasteiger partial charge in [0, 0.05) is 6.54 Å². The molecule has 0 heterocycles. The van der Waals surface area contributed by atoms with Crippen LogP contribution in [0, 0.1) is 5.82 Å². The predicted molar refractivity (Wildman–Crippen MR) is 117 cm³/mol. The largest absolute Gasteiger partial charge is 0.497 e. The van der Waals surface area contributed by atoms with E-state index in [9.17, 15) is 17.6 Å². The zero-order valence-electron chi connectivity index (χ0n) is 17.0. The number of halogens is 1. The number of nitrogens with zero attached hydrogens (tertiary/aromatic N) is 1. The molecule has 0 aliphatic rings. The number of sulfonamides is 1. The predicted octanol–water partition coefficient (Wildman–Crippen LogP) is 3.39. The summed E-state index contributed by atoms with van der Waals surface area (Å²) in [6, 6.07) is 20.3. The number of hydrogen-bond donors (Lipinski definition) is 1. The first-order chi connectivity index (χ1) is 14.9. The highest BCUT2D eigenvalue weighted by atomic mass is 32.2. The van der Waals surface area contributed by atoms with E-state index in [1.165, 1.54) is 24.3 Å². The van der Waals surface area contributed by atoms with Gasteiger partial charge in [-0.15, -0.1) is 0 Å². The lowest BCUT2D eigenvalue weighted by Gasteiger charge is -2.24. The Kier molecular flexibility index (Phi) is 7.25. The van der Waals surface area contributed by atoms with Crippen molar-refractivity contribution in [3.05, 3.63) is 90.2 Å². The molecule has 0 bridgehead atoms. The maximum Gasteiger partial charge on any atom is 0.264 e. The van der Waals surface area contributed by atoms with E-state index in [2.05, 4.69) is 5.32 Å². The normalized spacial score (nSPS) is 11.0. The molecule has 6 nitrogen and oxygen atoms in total. The summed E-state index contributed by atoms with van der Waals surface area (Å²) < 4.78 is 45.7. The van der Waals surface area contributed by atoms with E-state index in [-0.39, 0.29) is 10.6 Å². The van der Waals surface area contributed by atoms with Crippen LogP contribution in [0.25, 0.3) is 0 Å². The minimum atomic E-state index is -4.01. The quantitative estimate of drug-likeness (QED) is 0.551. The lowest BCUT2D eigenvalue weighted by molar-refractivity contribution is -0.119. The van der Waals surface area contributed by atoms with Crippen LogP contribution in [-0.4, -0.2) is 34.5 Å². The molecule has 0 radical (unpaired) electrons. The topological polar surface area (TPSA) is 75.7 Å². The second-order valence-electron chi connectivity index (χ2n) is 6.75. The minimum absolute atomic E-state index is 0.0466. The molecule has 0 fully saturated rings. The van der Waals surface area contributed by atoms with Gasteiger partial charge in [-0.3, -0.25) is 9.10 Å². The molecule has 3 rings (SSSR count). The van der Waals surface area contributed by atoms with Crippen LogP contribution < -0.4 is 14.4 Å². The number of hydrogen-bond acceptors (Lipinski definition) is 4. The third-order valence-corrected chi connectivity index (χ3v) is 6.42. The molecule has 0 aliphatic carbocycles. The average molecular weight is 443 g/mol. The van der Waals surface area contributed by atoms with Crippen molar-refractivity contribution in [1.29, 1.82) is 0 Å². The van der Waals surface area contributed by atoms with Crippen molar-refractivity contribution in [1.82, 2.24) is 5.32 Å². The number of rotatable bonds is 9. The van der Waals surface area contributed by atoms with Crippen LogP contribution in [-0.2, 0) is 21.2 Å². The Morgan fingerprint density at radius 1 is 0.968 bits per heavy atom. The van der Waals surface area contributed by atoms with Crippen LogP contribution in [0.2, 0.25) is 0 Å². The van der Waals surface area contributed by atoms with Crippen LogP contribution in [0.15, 0.2) is 83.8 Å². The zero-order chi connectivity index (χ0) is 22.3. The zero-order valence-corrected chi connectivity index (χ0v) is 17.8. The standard InChI is InChI=1S/C23H23FN2O4S/c1-30-21-13-7-18(8-14-21)15-16-25-23(27)17-26(20-11-9-19(24)10-12-20)31(28,29)22-5-3-2-4-6-22/h2-14H,15-17H2,1H3,(H,25,27). The molecule has 0 atom stereocenters. The van der Waals surface area contributed by atoms with Gasteiger partial charge in [0.2, 0.25) is 5.91 Å². The molecule has 0 aliphatic heterocycles. The summed E-state index contributed by atoms with van der Waals surface area (Å²) in [4.78, 5) is 12.6. The van der Waals surface area contributed by atoms with E-state index >= 15 is 0 Å². The Bertz CT molecular complexity index is 1100. The molecular formula is C23H23FN2O4S. The van der Waals surface area contributed by atoms with E-state index in [0.29, 0.717) is 13.0 Å². The smallest absolute Gasteiger partial charge is 0.264 e. The van der Waals surface area contributed by atoms with Gasteiger partial charge < -0.3 is 10.1 Å². The highest BCUT2D eigenvalue weighted by Crippen LogP contribution is 2.23. The summed E-state index contributed by atoms with van der Waals surface area (Å²) in [5.41, 5.74) is 1.21. The van der Waals surface area contributed by atoms with Gasteiger partial charge in [-0.05, 0) is 60.5 Å². The first kappa shape index (κ1) is 22.3. The summed E-state index contributed by atoms with van der Waals surface area (Å²) in [6.07, 6.45) is 0.581. The van der Waals surface area contributed by atoms with E-state index in [0.717, 1.165) is 27.8 Å². The third-order valence-electron chi connectivity index (χ3n) is 4.63. The van der Waals surface area contributed by atoms with Crippen molar-refractivity contribution in [3.63, 3.8) is 0 Å². The van der Waals surface area contributed by atoms with Crippen LogP contribution in [0.4, 0.5) is 10.1 Å². The number of anilines is 1. The molecule has 162 valence electrons. The molecule has 0 aromatic heterocycles. The molecule has 31 heavy (non-hydrogen) atoms. The number of nitrogens with one attached hydrogen (secondary N) is 1. The lowest BCUT2D eigenvalue weighted by Crippen LogP contribution is -2.41. The van der Waals surface area contributed by atoms with E-state index in [1.807, 2.05) is 24.3 Å². The number of ether oxygens (including phenoxy) is 1. The number of carbonyl (C=O) groups is 1. The van der Waals surface area contributed by atoms with Gasteiger partial charge in [0.25, 0.3) is 10.0 Å². The first-order valence-electron chi connectivity index (χ1n) is 9.63. The molecule has 0 saturated heterocycles. The Labute approximate surface area is 181 Å². The van der Waals surface area contributed by atoms with Gasteiger partial charge in [0.05, 0.1) is 17.7 Å². The number of carbonyl (C=O) groups excluding carboxylic acids is 1. The van der Waals surface area contributed by atoms with E-state index in [1.54, 1.807) is 25.3 Å². The molecular weight excluding hydrogens is 419 g/mol. The fraction of sp³-hybridized carbons (Fsp3) is 0.174. The monoisotopic (exact) mass is 442 g/mol. The second kappa shape index (κ2) is 10.1. The average Bonchev–Trinajstić information content (AvgIpc) is 2.79. The van der Waals surface area contributed by atoms with Crippen LogP contribution >= 0.6 is 0 Å². The fourth-order valence-corrected chi connectivity index (χ4v) is 4.41. The van der Waals surface area contributed by atoms with Crippen LogP contribution in [0.5, 0.6) is 5.75 Å². The van der Waals surface area contributed by atoms with Crippen molar-refractivity contribution in [2.75, 3.05) is 24.5 Å². The van der Waals surface area contributed by atoms with Crippen LogP contribution in [0.1, 0.15) is 5.56 Å². The summed E-state index contributed by atoms with van der Waals surface area (Å²) in [6.45, 7) is -0.0841. The van der Waals surface area contributed by atoms with Crippen molar-refractivity contribution in [2.45, 2.75) is 11.3 Å². The van der Waals surface area contributed by atoms with Gasteiger partial charge >= 0.3 is 0 Å². The fourth-order valence-electron chi connectivity index (χ4n) is 2.97. The number of amides is 1. The molecule has 0 unspecified atom stereocenters. The Morgan fingerprint density at radius 2 is 1.61 bits per heavy atom. The van der Waals surface area contributed by atoms with Crippen molar-refractivity contribution in [3.8, 4) is 5.75 Å². The second-order valence-corrected chi connectivity index (χ2v) is 8.61. The third kappa shape index (κ3) is 5.82. The van der Waals surface area contributed by atoms with Crippen LogP contribution in [0.3, 0.4) is 0 Å². The highest BCUT2D eigenvalue weighted by Gasteiger charge is 2.27. The summed E-state index contributed by atoms with van der Waals surface area (Å²) in [5, 5.41) is 2.74. The molecule has 1 N–H and O–H groups in total. The van der Waals surface area contributed by atoms with Gasteiger partial charge in [0.1, 0.15) is 18.1 Å². The lowest BCUT2D eigenvalue weighted by atomic mass is 10.1. The Morgan fingerprint density at radius 3 is 2.23 bits per heavy atom. The Hall–Kier alpha value is -3.39. The van der Waals surface area contributed by atoms with Gasteiger partial charge in [0.15, 0.2) is 0 Å². The van der Waals surface area contributed by atoms with Crippen molar-refractivity contribution < 1.29 is 22.3 Å². The summed E-state index contributed by atoms with van der Waals surface area (Å²) in [5.74, 6) is -0.212. The molecule has 0 spiro atoms. The van der Waals surface area contributed by atoms with Crippen molar-refractivity contribution >= 4 is 21.6 Å². The first-order valence-corrected chi connectivity index (χ1v) is 11.1. The number of benzene rings is 3. The van der Waals surface area contributed by atoms with E-state index in [4.69, 9.17) is 4.74 Å².